The molecule has 0 radical (unpaired) electrons. The van der Waals surface area contributed by atoms with Crippen molar-refractivity contribution in [2.45, 2.75) is 98.1 Å². The highest BCUT2D eigenvalue weighted by molar-refractivity contribution is 5.81. The van der Waals surface area contributed by atoms with Crippen LogP contribution in [0.5, 0.6) is 0 Å². The van der Waals surface area contributed by atoms with E-state index in [1.165, 1.54) is 36.8 Å². The summed E-state index contributed by atoms with van der Waals surface area (Å²) in [5.74, 6) is 1.04. The molecule has 1 fully saturated rings. The van der Waals surface area contributed by atoms with Gasteiger partial charge in [0.15, 0.2) is 0 Å². The normalized spacial score (nSPS) is 16.8. The van der Waals surface area contributed by atoms with E-state index in [0.717, 1.165) is 43.0 Å². The van der Waals surface area contributed by atoms with Crippen molar-refractivity contribution < 1.29 is 14.3 Å². The molecule has 0 heterocycles. The fraction of sp³-hybridized carbons (Fsp3) is 0.697. The van der Waals surface area contributed by atoms with E-state index in [2.05, 4.69) is 61.0 Å². The minimum absolute atomic E-state index is 0.00592. The third kappa shape index (κ3) is 10.5. The number of carbonyl (C=O) groups excluding carboxylic acids is 2. The Morgan fingerprint density at radius 1 is 1.10 bits per heavy atom. The van der Waals surface area contributed by atoms with Crippen LogP contribution in [-0.4, -0.2) is 63.2 Å². The molecule has 5 atom stereocenters. The van der Waals surface area contributed by atoms with Gasteiger partial charge in [0.1, 0.15) is 0 Å². The first-order valence-electron chi connectivity index (χ1n) is 15.4. The molecule has 1 aromatic rings. The quantitative estimate of drug-likeness (QED) is 0.214. The highest BCUT2D eigenvalue weighted by Crippen LogP contribution is 2.29. The third-order valence-electron chi connectivity index (χ3n) is 8.75. The van der Waals surface area contributed by atoms with Crippen molar-refractivity contribution in [3.63, 3.8) is 0 Å². The number of hydrogen-bond acceptors (Lipinski definition) is 5. The zero-order valence-electron chi connectivity index (χ0n) is 26.4. The molecule has 0 saturated heterocycles. The van der Waals surface area contributed by atoms with Crippen LogP contribution in [-0.2, 0) is 20.7 Å². The summed E-state index contributed by atoms with van der Waals surface area (Å²) in [4.78, 5) is 27.4. The van der Waals surface area contributed by atoms with Crippen LogP contribution in [0.4, 0.5) is 5.69 Å². The smallest absolute Gasteiger partial charge is 0.237 e. The summed E-state index contributed by atoms with van der Waals surface area (Å²) in [6.07, 6.45) is 8.75. The lowest BCUT2D eigenvalue weighted by atomic mass is 9.87. The van der Waals surface area contributed by atoms with Crippen LogP contribution < -0.4 is 16.0 Å². The van der Waals surface area contributed by atoms with Crippen LogP contribution in [0.2, 0.25) is 0 Å². The average Bonchev–Trinajstić information content (AvgIpc) is 2.92. The van der Waals surface area contributed by atoms with E-state index in [1.54, 1.807) is 14.2 Å². The van der Waals surface area contributed by atoms with Gasteiger partial charge in [-0.1, -0.05) is 59.1 Å². The number of nitrogens with one attached hydrogen (secondary N) is 3. The molecule has 40 heavy (non-hydrogen) atoms. The van der Waals surface area contributed by atoms with Gasteiger partial charge in [0.25, 0.3) is 0 Å². The van der Waals surface area contributed by atoms with Gasteiger partial charge in [-0.15, -0.1) is 0 Å². The molecule has 5 unspecified atom stereocenters. The summed E-state index contributed by atoms with van der Waals surface area (Å²) in [6.45, 7) is 11.8. The maximum absolute atomic E-state index is 13.3. The molecule has 1 saturated carbocycles. The monoisotopic (exact) mass is 556 g/mol. The van der Waals surface area contributed by atoms with Gasteiger partial charge in [0.2, 0.25) is 11.8 Å². The Bertz CT molecular complexity index is 957. The molecule has 0 bridgehead atoms. The number of nitrogens with zero attached hydrogens (tertiary/aromatic N) is 1. The Morgan fingerprint density at radius 3 is 2.42 bits per heavy atom. The minimum atomic E-state index is -0.227. The van der Waals surface area contributed by atoms with Gasteiger partial charge >= 0.3 is 0 Å². The molecule has 0 aliphatic heterocycles. The molecule has 2 amide bonds. The fourth-order valence-corrected chi connectivity index (χ4v) is 5.33. The van der Waals surface area contributed by atoms with Crippen LogP contribution in [0.1, 0.15) is 85.1 Å². The lowest BCUT2D eigenvalue weighted by molar-refractivity contribution is -0.139. The number of allylic oxidation sites excluding steroid dienone is 1. The number of benzene rings is 1. The summed E-state index contributed by atoms with van der Waals surface area (Å²) >= 11 is 0. The van der Waals surface area contributed by atoms with Crippen molar-refractivity contribution in [1.82, 2.24) is 15.5 Å². The molecule has 1 aliphatic rings. The first kappa shape index (κ1) is 33.8. The number of methoxy groups -OCH3 is 1. The second-order valence-corrected chi connectivity index (χ2v) is 11.9. The molecule has 0 aromatic heterocycles. The molecule has 2 rings (SSSR count). The zero-order valence-corrected chi connectivity index (χ0v) is 26.4. The Kier molecular flexibility index (Phi) is 14.7. The minimum Gasteiger partial charge on any atom is -0.380 e. The Labute approximate surface area is 243 Å². The van der Waals surface area contributed by atoms with Gasteiger partial charge in [0, 0.05) is 32.1 Å². The molecule has 1 aliphatic carbocycles. The predicted molar refractivity (Wildman–Crippen MR) is 166 cm³/mol. The molecule has 1 aromatic carbocycles. The van der Waals surface area contributed by atoms with Crippen molar-refractivity contribution in [3.8, 4) is 0 Å². The second-order valence-electron chi connectivity index (χ2n) is 11.9. The van der Waals surface area contributed by atoms with Crippen molar-refractivity contribution in [2.24, 2.45) is 17.8 Å². The molecule has 7 nitrogen and oxygen atoms in total. The Balaban J connectivity index is 1.93. The SMILES string of the molecule is CCC(C)CCCC(C)C(OC)C(C)C(=O)N(C)CCc1cccc(NC(CNC(=O)C(C)NC)=C2CCC2)c1. The highest BCUT2D eigenvalue weighted by atomic mass is 16.5. The number of carbonyl (C=O) groups is 2. The van der Waals surface area contributed by atoms with Gasteiger partial charge in [-0.2, -0.15) is 0 Å². The lowest BCUT2D eigenvalue weighted by Crippen LogP contribution is -2.41. The van der Waals surface area contributed by atoms with Gasteiger partial charge in [-0.05, 0) is 81.2 Å². The molecule has 0 spiro atoms. The Hall–Kier alpha value is -2.38. The molecule has 7 heteroatoms. The van der Waals surface area contributed by atoms with Gasteiger partial charge in [-0.3, -0.25) is 9.59 Å². The number of rotatable bonds is 18. The molecular weight excluding hydrogens is 500 g/mol. The van der Waals surface area contributed by atoms with E-state index in [4.69, 9.17) is 4.74 Å². The van der Waals surface area contributed by atoms with Crippen LogP contribution in [0.15, 0.2) is 35.5 Å². The second kappa shape index (κ2) is 17.4. The van der Waals surface area contributed by atoms with E-state index < -0.39 is 0 Å². The molecular formula is C33H56N4O3. The lowest BCUT2D eigenvalue weighted by Gasteiger charge is -2.31. The van der Waals surface area contributed by atoms with Gasteiger partial charge < -0.3 is 25.6 Å². The third-order valence-corrected chi connectivity index (χ3v) is 8.75. The van der Waals surface area contributed by atoms with Crippen molar-refractivity contribution in [3.05, 3.63) is 41.1 Å². The van der Waals surface area contributed by atoms with E-state index in [0.29, 0.717) is 19.0 Å². The first-order valence-corrected chi connectivity index (χ1v) is 15.4. The van der Waals surface area contributed by atoms with Gasteiger partial charge in [0.05, 0.1) is 24.6 Å². The molecule has 3 N–H and O–H groups in total. The number of anilines is 1. The van der Waals surface area contributed by atoms with Crippen molar-refractivity contribution in [1.29, 1.82) is 0 Å². The maximum atomic E-state index is 13.3. The Morgan fingerprint density at radius 2 is 1.82 bits per heavy atom. The summed E-state index contributed by atoms with van der Waals surface area (Å²) < 4.78 is 5.84. The average molecular weight is 557 g/mol. The van der Waals surface area contributed by atoms with Crippen molar-refractivity contribution >= 4 is 17.5 Å². The van der Waals surface area contributed by atoms with E-state index in [9.17, 15) is 9.59 Å². The topological polar surface area (TPSA) is 82.7 Å². The van der Waals surface area contributed by atoms with Crippen LogP contribution in [0, 0.1) is 17.8 Å². The van der Waals surface area contributed by atoms with E-state index in [-0.39, 0.29) is 29.9 Å². The van der Waals surface area contributed by atoms with Crippen molar-refractivity contribution in [2.75, 3.05) is 39.6 Å². The largest absolute Gasteiger partial charge is 0.380 e. The number of amides is 2. The standard InChI is InChI=1S/C33H56N4O3/c1-9-23(2)13-10-14-24(3)31(40-8)25(4)33(39)37(7)20-19-27-15-11-18-29(21-27)36-30(28-16-12-17-28)22-35-32(38)26(5)34-6/h11,15,18,21,23-26,31,34,36H,9-10,12-14,16-17,19-20,22H2,1-8H3,(H,35,38). The van der Waals surface area contributed by atoms with Crippen LogP contribution in [0.3, 0.4) is 0 Å². The summed E-state index contributed by atoms with van der Waals surface area (Å²) in [6, 6.07) is 8.14. The molecule has 226 valence electrons. The summed E-state index contributed by atoms with van der Waals surface area (Å²) in [5.41, 5.74) is 4.65. The predicted octanol–water partition coefficient (Wildman–Crippen LogP) is 5.77. The number of likely N-dealkylation sites (N-methyl/N-ethyl adjacent to an activating group) is 2. The van der Waals surface area contributed by atoms with Crippen LogP contribution in [0.25, 0.3) is 0 Å². The fourth-order valence-electron chi connectivity index (χ4n) is 5.33. The van der Waals surface area contributed by atoms with E-state index in [1.807, 2.05) is 25.8 Å². The summed E-state index contributed by atoms with van der Waals surface area (Å²) in [7, 11) is 5.42. The number of hydrogen-bond donors (Lipinski definition) is 3. The maximum Gasteiger partial charge on any atom is 0.237 e. The summed E-state index contributed by atoms with van der Waals surface area (Å²) in [5, 5.41) is 9.60. The zero-order chi connectivity index (χ0) is 29.7. The number of ether oxygens (including phenoxy) is 1. The van der Waals surface area contributed by atoms with E-state index >= 15 is 0 Å². The van der Waals surface area contributed by atoms with Gasteiger partial charge in [-0.25, -0.2) is 0 Å². The first-order chi connectivity index (χ1) is 19.1. The highest BCUT2D eigenvalue weighted by Gasteiger charge is 2.30. The van der Waals surface area contributed by atoms with Crippen LogP contribution >= 0.6 is 0 Å².